The number of β-amino-alcohol motifs (C(OH)–C–C–N with tert-alkyl or cyclic N) is 1. The van der Waals surface area contributed by atoms with Crippen molar-refractivity contribution in [2.45, 2.75) is 38.2 Å². The lowest BCUT2D eigenvalue weighted by atomic mass is 9.95. The predicted octanol–water partition coefficient (Wildman–Crippen LogP) is 0.472. The van der Waals surface area contributed by atoms with Crippen LogP contribution in [0.5, 0.6) is 0 Å². The number of rotatable bonds is 4. The molecule has 5 nitrogen and oxygen atoms in total. The summed E-state index contributed by atoms with van der Waals surface area (Å²) in [6.07, 6.45) is 3.42. The van der Waals surface area contributed by atoms with Gasteiger partial charge in [-0.1, -0.05) is 0 Å². The van der Waals surface area contributed by atoms with Crippen LogP contribution in [0.2, 0.25) is 0 Å². The zero-order chi connectivity index (χ0) is 13.7. The average Bonchev–Trinajstić information content (AvgIpc) is 2.38. The molecule has 0 saturated carbocycles. The van der Waals surface area contributed by atoms with Gasteiger partial charge in [-0.2, -0.15) is 0 Å². The molecule has 1 atom stereocenters. The number of amides is 1. The third-order valence-electron chi connectivity index (χ3n) is 3.98. The Morgan fingerprint density at radius 3 is 2.74 bits per heavy atom. The van der Waals surface area contributed by atoms with Crippen molar-refractivity contribution >= 4 is 5.91 Å². The van der Waals surface area contributed by atoms with Crippen LogP contribution in [0.1, 0.15) is 32.6 Å². The smallest absolute Gasteiger partial charge is 0.222 e. The molecule has 2 saturated heterocycles. The van der Waals surface area contributed by atoms with E-state index in [-0.39, 0.29) is 5.91 Å². The fourth-order valence-electron chi connectivity index (χ4n) is 2.94. The molecule has 2 rings (SSSR count). The number of carbonyl (C=O) groups is 1. The summed E-state index contributed by atoms with van der Waals surface area (Å²) in [5.41, 5.74) is -0.549. The molecule has 1 N–H and O–H groups in total. The normalized spacial score (nSPS) is 29.5. The van der Waals surface area contributed by atoms with Crippen LogP contribution in [-0.2, 0) is 9.53 Å². The molecule has 0 bridgehead atoms. The minimum Gasteiger partial charge on any atom is -0.389 e. The quantitative estimate of drug-likeness (QED) is 0.807. The molecule has 1 amide bonds. The van der Waals surface area contributed by atoms with E-state index < -0.39 is 5.60 Å². The Morgan fingerprint density at radius 2 is 2.05 bits per heavy atom. The van der Waals surface area contributed by atoms with Gasteiger partial charge in [-0.3, -0.25) is 4.79 Å². The van der Waals surface area contributed by atoms with Crippen molar-refractivity contribution in [1.82, 2.24) is 9.80 Å². The molecule has 2 aliphatic heterocycles. The van der Waals surface area contributed by atoms with Crippen LogP contribution in [0.3, 0.4) is 0 Å². The SMILES string of the molecule is CC1(O)CCCN(CCCC(=O)N2CCOCC2)C1. The van der Waals surface area contributed by atoms with Crippen LogP contribution < -0.4 is 0 Å². The van der Waals surface area contributed by atoms with Crippen LogP contribution >= 0.6 is 0 Å². The largest absolute Gasteiger partial charge is 0.389 e. The molecule has 110 valence electrons. The number of ether oxygens (including phenoxy) is 1. The Labute approximate surface area is 115 Å². The highest BCUT2D eigenvalue weighted by Gasteiger charge is 2.28. The van der Waals surface area contributed by atoms with Gasteiger partial charge in [-0.05, 0) is 39.3 Å². The molecule has 2 aliphatic rings. The summed E-state index contributed by atoms with van der Waals surface area (Å²) in [6, 6.07) is 0. The van der Waals surface area contributed by atoms with Crippen LogP contribution in [-0.4, -0.2) is 72.4 Å². The van der Waals surface area contributed by atoms with E-state index in [2.05, 4.69) is 4.90 Å². The summed E-state index contributed by atoms with van der Waals surface area (Å²) in [6.45, 7) is 7.39. The second-order valence-electron chi connectivity index (χ2n) is 5.97. The van der Waals surface area contributed by atoms with Crippen molar-refractivity contribution < 1.29 is 14.6 Å². The van der Waals surface area contributed by atoms with E-state index in [1.165, 1.54) is 0 Å². The van der Waals surface area contributed by atoms with Gasteiger partial charge < -0.3 is 19.6 Å². The minimum atomic E-state index is -0.549. The number of piperidine rings is 1. The molecule has 0 aliphatic carbocycles. The van der Waals surface area contributed by atoms with Crippen molar-refractivity contribution in [1.29, 1.82) is 0 Å². The molecule has 0 aromatic heterocycles. The van der Waals surface area contributed by atoms with E-state index in [1.807, 2.05) is 11.8 Å². The summed E-state index contributed by atoms with van der Waals surface area (Å²) in [7, 11) is 0. The first-order valence-electron chi connectivity index (χ1n) is 7.37. The van der Waals surface area contributed by atoms with Crippen LogP contribution in [0.25, 0.3) is 0 Å². The summed E-state index contributed by atoms with van der Waals surface area (Å²) in [5.74, 6) is 0.243. The van der Waals surface area contributed by atoms with E-state index in [1.54, 1.807) is 0 Å². The molecule has 19 heavy (non-hydrogen) atoms. The highest BCUT2D eigenvalue weighted by atomic mass is 16.5. The zero-order valence-electron chi connectivity index (χ0n) is 11.9. The molecule has 5 heteroatoms. The molecule has 0 aromatic carbocycles. The Hall–Kier alpha value is -0.650. The minimum absolute atomic E-state index is 0.243. The van der Waals surface area contributed by atoms with Crippen molar-refractivity contribution in [2.24, 2.45) is 0 Å². The number of nitrogens with zero attached hydrogens (tertiary/aromatic N) is 2. The average molecular weight is 270 g/mol. The van der Waals surface area contributed by atoms with Gasteiger partial charge in [0.15, 0.2) is 0 Å². The number of aliphatic hydroxyl groups is 1. The predicted molar refractivity (Wildman–Crippen MR) is 72.9 cm³/mol. The summed E-state index contributed by atoms with van der Waals surface area (Å²) >= 11 is 0. The first-order chi connectivity index (χ1) is 9.07. The van der Waals surface area contributed by atoms with Gasteiger partial charge in [-0.25, -0.2) is 0 Å². The summed E-state index contributed by atoms with van der Waals surface area (Å²) in [4.78, 5) is 16.1. The maximum absolute atomic E-state index is 12.0. The van der Waals surface area contributed by atoms with E-state index in [0.29, 0.717) is 19.6 Å². The van der Waals surface area contributed by atoms with Crippen molar-refractivity contribution in [3.8, 4) is 0 Å². The number of morpholine rings is 1. The van der Waals surface area contributed by atoms with E-state index in [0.717, 1.165) is 52.0 Å². The fraction of sp³-hybridized carbons (Fsp3) is 0.929. The van der Waals surface area contributed by atoms with Gasteiger partial charge in [0.05, 0.1) is 18.8 Å². The Balaban J connectivity index is 1.64. The summed E-state index contributed by atoms with van der Waals surface area (Å²) in [5, 5.41) is 10.0. The van der Waals surface area contributed by atoms with Gasteiger partial charge in [-0.15, -0.1) is 0 Å². The van der Waals surface area contributed by atoms with E-state index >= 15 is 0 Å². The molecule has 0 spiro atoms. The monoisotopic (exact) mass is 270 g/mol. The second kappa shape index (κ2) is 6.68. The lowest BCUT2D eigenvalue weighted by Crippen LogP contribution is -2.46. The molecule has 1 unspecified atom stereocenters. The third kappa shape index (κ3) is 4.75. The third-order valence-corrected chi connectivity index (χ3v) is 3.98. The molecular weight excluding hydrogens is 244 g/mol. The van der Waals surface area contributed by atoms with Gasteiger partial charge in [0.2, 0.25) is 5.91 Å². The Bertz CT molecular complexity index is 301. The second-order valence-corrected chi connectivity index (χ2v) is 5.97. The molecular formula is C14H26N2O3. The Kier molecular flexibility index (Phi) is 5.19. The van der Waals surface area contributed by atoms with Gasteiger partial charge in [0, 0.05) is 26.1 Å². The highest BCUT2D eigenvalue weighted by molar-refractivity contribution is 5.76. The van der Waals surface area contributed by atoms with Crippen LogP contribution in [0.15, 0.2) is 0 Å². The summed E-state index contributed by atoms with van der Waals surface area (Å²) < 4.78 is 5.24. The Morgan fingerprint density at radius 1 is 1.32 bits per heavy atom. The van der Waals surface area contributed by atoms with Gasteiger partial charge >= 0.3 is 0 Å². The standard InChI is InChI=1S/C14H26N2O3/c1-14(18)5-3-7-15(12-14)6-2-4-13(17)16-8-10-19-11-9-16/h18H,2-12H2,1H3. The van der Waals surface area contributed by atoms with E-state index in [9.17, 15) is 9.90 Å². The van der Waals surface area contributed by atoms with Gasteiger partial charge in [0.1, 0.15) is 0 Å². The number of hydrogen-bond donors (Lipinski definition) is 1. The first-order valence-corrected chi connectivity index (χ1v) is 7.37. The van der Waals surface area contributed by atoms with Crippen molar-refractivity contribution in [3.63, 3.8) is 0 Å². The highest BCUT2D eigenvalue weighted by Crippen LogP contribution is 2.20. The zero-order valence-corrected chi connectivity index (χ0v) is 11.9. The maximum Gasteiger partial charge on any atom is 0.222 e. The number of hydrogen-bond acceptors (Lipinski definition) is 4. The number of carbonyl (C=O) groups excluding carboxylic acids is 1. The lowest BCUT2D eigenvalue weighted by molar-refractivity contribution is -0.135. The van der Waals surface area contributed by atoms with Crippen molar-refractivity contribution in [2.75, 3.05) is 45.9 Å². The molecule has 2 fully saturated rings. The fourth-order valence-corrected chi connectivity index (χ4v) is 2.94. The molecule has 0 aromatic rings. The molecule has 0 radical (unpaired) electrons. The maximum atomic E-state index is 12.0. The van der Waals surface area contributed by atoms with Gasteiger partial charge in [0.25, 0.3) is 0 Å². The van der Waals surface area contributed by atoms with E-state index in [4.69, 9.17) is 4.74 Å². The lowest BCUT2D eigenvalue weighted by Gasteiger charge is -2.36. The topological polar surface area (TPSA) is 53.0 Å². The van der Waals surface area contributed by atoms with Crippen LogP contribution in [0.4, 0.5) is 0 Å². The molecule has 2 heterocycles. The van der Waals surface area contributed by atoms with Crippen molar-refractivity contribution in [3.05, 3.63) is 0 Å². The van der Waals surface area contributed by atoms with Crippen LogP contribution in [0, 0.1) is 0 Å². The number of likely N-dealkylation sites (tertiary alicyclic amines) is 1. The first kappa shape index (κ1) is 14.8.